The molecule has 0 saturated carbocycles. The highest BCUT2D eigenvalue weighted by Crippen LogP contribution is 2.31. The Morgan fingerprint density at radius 2 is 2.00 bits per heavy atom. The van der Waals surface area contributed by atoms with Gasteiger partial charge in [-0.1, -0.05) is 24.3 Å². The highest BCUT2D eigenvalue weighted by atomic mass is 16.3. The Labute approximate surface area is 168 Å². The molecule has 1 aliphatic heterocycles. The number of fused-ring (bicyclic) bond motifs is 2. The summed E-state index contributed by atoms with van der Waals surface area (Å²) >= 11 is 0. The Morgan fingerprint density at radius 1 is 1.14 bits per heavy atom. The lowest BCUT2D eigenvalue weighted by Gasteiger charge is -2.38. The van der Waals surface area contributed by atoms with Crippen molar-refractivity contribution < 1.29 is 5.11 Å². The van der Waals surface area contributed by atoms with E-state index in [2.05, 4.69) is 50.3 Å². The van der Waals surface area contributed by atoms with E-state index in [1.807, 2.05) is 12.1 Å². The number of aromatic nitrogens is 6. The molecule has 0 amide bonds. The molecule has 1 saturated heterocycles. The number of anilines is 1. The second-order valence-corrected chi connectivity index (χ2v) is 8.11. The lowest BCUT2D eigenvalue weighted by molar-refractivity contribution is 0.114. The van der Waals surface area contributed by atoms with Gasteiger partial charge in [0.2, 0.25) is 5.65 Å². The van der Waals surface area contributed by atoms with Crippen LogP contribution in [0.25, 0.3) is 22.2 Å². The van der Waals surface area contributed by atoms with E-state index in [0.29, 0.717) is 17.8 Å². The minimum absolute atomic E-state index is 0.00228. The summed E-state index contributed by atoms with van der Waals surface area (Å²) in [6.45, 7) is 4.65. The van der Waals surface area contributed by atoms with Gasteiger partial charge in [0, 0.05) is 31.3 Å². The topological polar surface area (TPSA) is 92.8 Å². The molecule has 0 atom stereocenters. The van der Waals surface area contributed by atoms with Crippen molar-refractivity contribution in [3.63, 3.8) is 0 Å². The number of hydrogen-bond donors (Lipinski definition) is 1. The van der Waals surface area contributed by atoms with Crippen LogP contribution in [-0.2, 0) is 6.54 Å². The first-order chi connectivity index (χ1) is 14.1. The van der Waals surface area contributed by atoms with E-state index in [1.165, 1.54) is 0 Å². The summed E-state index contributed by atoms with van der Waals surface area (Å²) in [5.41, 5.74) is 3.32. The largest absolute Gasteiger partial charge is 0.396 e. The molecule has 8 heteroatoms. The summed E-state index contributed by atoms with van der Waals surface area (Å²) in [6, 6.07) is 10.2. The van der Waals surface area contributed by atoms with Crippen molar-refractivity contribution in [3.05, 3.63) is 48.3 Å². The van der Waals surface area contributed by atoms with E-state index >= 15 is 0 Å². The van der Waals surface area contributed by atoms with Crippen molar-refractivity contribution >= 4 is 28.0 Å². The molecular weight excluding hydrogens is 366 g/mol. The summed E-state index contributed by atoms with van der Waals surface area (Å²) in [5, 5.41) is 19.1. The van der Waals surface area contributed by atoms with Crippen LogP contribution in [0, 0.1) is 5.41 Å². The van der Waals surface area contributed by atoms with Crippen LogP contribution in [0.4, 0.5) is 5.82 Å². The smallest absolute Gasteiger partial charge is 0.221 e. The fourth-order valence-electron chi connectivity index (χ4n) is 3.84. The number of pyridine rings is 1. The van der Waals surface area contributed by atoms with Gasteiger partial charge in [-0.3, -0.25) is 4.98 Å². The second-order valence-electron chi connectivity index (χ2n) is 8.11. The minimum Gasteiger partial charge on any atom is -0.396 e. The lowest BCUT2D eigenvalue weighted by atomic mass is 9.81. The number of aliphatic hydroxyl groups excluding tert-OH is 1. The van der Waals surface area contributed by atoms with Crippen LogP contribution in [0.5, 0.6) is 0 Å². The fourth-order valence-corrected chi connectivity index (χ4v) is 3.84. The van der Waals surface area contributed by atoms with Gasteiger partial charge in [-0.05, 0) is 42.0 Å². The quantitative estimate of drug-likeness (QED) is 0.573. The molecule has 4 aromatic rings. The van der Waals surface area contributed by atoms with Gasteiger partial charge in [0.15, 0.2) is 5.65 Å². The number of aliphatic hydroxyl groups is 1. The number of rotatable bonds is 4. The van der Waals surface area contributed by atoms with Crippen molar-refractivity contribution in [2.75, 3.05) is 24.6 Å². The Balaban J connectivity index is 1.42. The van der Waals surface area contributed by atoms with Gasteiger partial charge in [0.05, 0.1) is 18.3 Å². The van der Waals surface area contributed by atoms with Crippen LogP contribution in [0.3, 0.4) is 0 Å². The maximum atomic E-state index is 9.59. The van der Waals surface area contributed by atoms with Gasteiger partial charge in [0.1, 0.15) is 5.82 Å². The maximum Gasteiger partial charge on any atom is 0.221 e. The molecule has 3 aromatic heterocycles. The molecule has 29 heavy (non-hydrogen) atoms. The van der Waals surface area contributed by atoms with Crippen molar-refractivity contribution in [2.45, 2.75) is 26.3 Å². The first kappa shape index (κ1) is 17.9. The zero-order chi connectivity index (χ0) is 19.8. The van der Waals surface area contributed by atoms with Gasteiger partial charge in [-0.25, -0.2) is 14.6 Å². The molecule has 148 valence electrons. The van der Waals surface area contributed by atoms with E-state index in [1.54, 1.807) is 17.1 Å². The summed E-state index contributed by atoms with van der Waals surface area (Å²) in [5.74, 6) is 0.837. The van der Waals surface area contributed by atoms with E-state index in [-0.39, 0.29) is 12.0 Å². The highest BCUT2D eigenvalue weighted by Gasteiger charge is 2.30. The summed E-state index contributed by atoms with van der Waals surface area (Å²) < 4.78 is 1.80. The number of piperidine rings is 1. The number of hydrogen-bond acceptors (Lipinski definition) is 7. The molecule has 0 aliphatic carbocycles. The van der Waals surface area contributed by atoms with Crippen LogP contribution < -0.4 is 4.90 Å². The summed E-state index contributed by atoms with van der Waals surface area (Å²) in [7, 11) is 0. The van der Waals surface area contributed by atoms with E-state index in [4.69, 9.17) is 4.98 Å². The van der Waals surface area contributed by atoms with Crippen molar-refractivity contribution in [3.8, 4) is 0 Å². The Hall–Kier alpha value is -3.13. The Morgan fingerprint density at radius 3 is 2.83 bits per heavy atom. The zero-order valence-corrected chi connectivity index (χ0v) is 16.4. The van der Waals surface area contributed by atoms with Gasteiger partial charge < -0.3 is 10.0 Å². The van der Waals surface area contributed by atoms with Gasteiger partial charge >= 0.3 is 0 Å². The number of nitrogens with zero attached hydrogens (tertiary/aromatic N) is 7. The number of benzene rings is 1. The molecular formula is C21H23N7O. The average Bonchev–Trinajstić information content (AvgIpc) is 3.16. The third-order valence-corrected chi connectivity index (χ3v) is 5.89. The first-order valence-electron chi connectivity index (χ1n) is 9.89. The highest BCUT2D eigenvalue weighted by molar-refractivity contribution is 5.79. The van der Waals surface area contributed by atoms with E-state index < -0.39 is 0 Å². The van der Waals surface area contributed by atoms with Gasteiger partial charge in [-0.2, -0.15) is 0 Å². The van der Waals surface area contributed by atoms with Crippen LogP contribution in [0.2, 0.25) is 0 Å². The summed E-state index contributed by atoms with van der Waals surface area (Å²) in [6.07, 6.45) is 5.44. The third-order valence-electron chi connectivity index (χ3n) is 5.89. The molecule has 8 nitrogen and oxygen atoms in total. The van der Waals surface area contributed by atoms with Crippen LogP contribution in [-0.4, -0.2) is 54.7 Å². The third kappa shape index (κ3) is 3.40. The lowest BCUT2D eigenvalue weighted by Crippen LogP contribution is -2.40. The van der Waals surface area contributed by atoms with Crippen LogP contribution in [0.15, 0.2) is 42.7 Å². The molecule has 0 bridgehead atoms. The Bertz CT molecular complexity index is 1160. The molecule has 0 radical (unpaired) electrons. The normalized spacial score (nSPS) is 16.6. The van der Waals surface area contributed by atoms with E-state index in [9.17, 15) is 5.11 Å². The zero-order valence-electron chi connectivity index (χ0n) is 16.4. The van der Waals surface area contributed by atoms with Crippen LogP contribution >= 0.6 is 0 Å². The van der Waals surface area contributed by atoms with Crippen molar-refractivity contribution in [1.29, 1.82) is 0 Å². The standard InChI is InChI=1S/C21H23N7O/c1-21(14-29)6-9-27(10-7-21)18-12-23-19-20(24-18)28(26-25-19)13-15-4-5-17-16(11-15)3-2-8-22-17/h2-5,8,11-12,29H,6-7,9-10,13-14H2,1H3. The monoisotopic (exact) mass is 389 g/mol. The minimum atomic E-state index is 0.00228. The molecule has 1 aromatic carbocycles. The average molecular weight is 389 g/mol. The molecule has 1 fully saturated rings. The van der Waals surface area contributed by atoms with Gasteiger partial charge in [-0.15, -0.1) is 5.10 Å². The molecule has 5 rings (SSSR count). The van der Waals surface area contributed by atoms with Crippen molar-refractivity contribution in [1.82, 2.24) is 29.9 Å². The predicted molar refractivity (Wildman–Crippen MR) is 111 cm³/mol. The maximum absolute atomic E-state index is 9.59. The van der Waals surface area contributed by atoms with Crippen LogP contribution in [0.1, 0.15) is 25.3 Å². The van der Waals surface area contributed by atoms with Gasteiger partial charge in [0.25, 0.3) is 0 Å². The fraction of sp³-hybridized carbons (Fsp3) is 0.381. The predicted octanol–water partition coefficient (Wildman–Crippen LogP) is 2.42. The molecule has 1 N–H and O–H groups in total. The molecule has 0 spiro atoms. The Kier molecular flexibility index (Phi) is 4.35. The second kappa shape index (κ2) is 7.04. The van der Waals surface area contributed by atoms with Crippen molar-refractivity contribution in [2.24, 2.45) is 5.41 Å². The first-order valence-corrected chi connectivity index (χ1v) is 9.89. The van der Waals surface area contributed by atoms with E-state index in [0.717, 1.165) is 48.2 Å². The molecule has 1 aliphatic rings. The SMILES string of the molecule is CC1(CO)CCN(c2cnc3nnn(Cc4ccc5ncccc5c4)c3n2)CC1. The molecule has 4 heterocycles. The summed E-state index contributed by atoms with van der Waals surface area (Å²) in [4.78, 5) is 15.9. The molecule has 0 unspecified atom stereocenters.